The minimum Gasteiger partial charge on any atom is -0.351 e. The summed E-state index contributed by atoms with van der Waals surface area (Å²) in [6.07, 6.45) is 7.78. The van der Waals surface area contributed by atoms with Crippen LogP contribution in [0.5, 0.6) is 0 Å². The summed E-state index contributed by atoms with van der Waals surface area (Å²) in [6, 6.07) is 8.59. The molecule has 1 saturated carbocycles. The van der Waals surface area contributed by atoms with Gasteiger partial charge < -0.3 is 20.9 Å². The molecule has 2 aromatic rings. The fraction of sp³-hybridized carbons (Fsp3) is 0.500. The van der Waals surface area contributed by atoms with Crippen molar-refractivity contribution in [2.24, 2.45) is 11.7 Å². The Morgan fingerprint density at radius 2 is 1.90 bits per heavy atom. The Hall–Kier alpha value is -2.67. The number of carbonyl (C=O) groups is 2. The van der Waals surface area contributed by atoms with Crippen LogP contribution in [-0.2, 0) is 15.1 Å². The molecule has 3 atom stereocenters. The number of anilines is 1. The van der Waals surface area contributed by atoms with Crippen LogP contribution in [0.3, 0.4) is 0 Å². The molecule has 1 fully saturated rings. The third kappa shape index (κ3) is 4.85. The number of rotatable bonds is 6. The Balaban J connectivity index is 1.64. The average Bonchev–Trinajstić information content (AvgIpc) is 3.19. The molecule has 2 unspecified atom stereocenters. The molecular formula is C22H31N5O2. The Bertz CT molecular complexity index is 846. The fourth-order valence-corrected chi connectivity index (χ4v) is 3.70. The summed E-state index contributed by atoms with van der Waals surface area (Å²) in [5.74, 6) is 0.459. The average molecular weight is 398 g/mol. The van der Waals surface area contributed by atoms with Crippen molar-refractivity contribution < 1.29 is 9.59 Å². The van der Waals surface area contributed by atoms with Crippen LogP contribution >= 0.6 is 0 Å². The number of nitrogens with two attached hydrogens (primary N) is 1. The molecule has 1 aliphatic rings. The lowest BCUT2D eigenvalue weighted by molar-refractivity contribution is -0.129. The van der Waals surface area contributed by atoms with Gasteiger partial charge in [-0.05, 0) is 38.2 Å². The molecular weight excluding hydrogens is 366 g/mol. The SMILES string of the molecule is CC1CCCCC1NC(=O)C(C)(C)n1cnc(NC(=O)[C@@H](N)c2ccccc2)c1. The van der Waals surface area contributed by atoms with Crippen molar-refractivity contribution in [2.75, 3.05) is 5.32 Å². The van der Waals surface area contributed by atoms with Gasteiger partial charge in [-0.25, -0.2) is 4.98 Å². The topological polar surface area (TPSA) is 102 Å². The molecule has 1 aliphatic carbocycles. The van der Waals surface area contributed by atoms with Crippen molar-refractivity contribution in [3.63, 3.8) is 0 Å². The van der Waals surface area contributed by atoms with Gasteiger partial charge in [-0.2, -0.15) is 0 Å². The molecule has 1 aromatic heterocycles. The summed E-state index contributed by atoms with van der Waals surface area (Å²) >= 11 is 0. The largest absolute Gasteiger partial charge is 0.351 e. The van der Waals surface area contributed by atoms with Gasteiger partial charge in [0.1, 0.15) is 11.6 Å². The van der Waals surface area contributed by atoms with Gasteiger partial charge in [-0.1, -0.05) is 50.1 Å². The zero-order valence-electron chi connectivity index (χ0n) is 17.4. The summed E-state index contributed by atoms with van der Waals surface area (Å²) in [4.78, 5) is 29.6. The van der Waals surface area contributed by atoms with E-state index in [1.807, 2.05) is 44.2 Å². The van der Waals surface area contributed by atoms with Crippen LogP contribution in [0.4, 0.5) is 5.82 Å². The first kappa shape index (κ1) is 21.0. The number of nitrogens with zero attached hydrogens (tertiary/aromatic N) is 2. The third-order valence-corrected chi connectivity index (χ3v) is 5.90. The van der Waals surface area contributed by atoms with Crippen molar-refractivity contribution in [1.82, 2.24) is 14.9 Å². The van der Waals surface area contributed by atoms with Crippen molar-refractivity contribution in [2.45, 2.75) is 64.1 Å². The molecule has 4 N–H and O–H groups in total. The molecule has 0 radical (unpaired) electrons. The van der Waals surface area contributed by atoms with Gasteiger partial charge in [0.25, 0.3) is 0 Å². The molecule has 0 spiro atoms. The first-order valence-corrected chi connectivity index (χ1v) is 10.3. The molecule has 0 bridgehead atoms. The monoisotopic (exact) mass is 397 g/mol. The summed E-state index contributed by atoms with van der Waals surface area (Å²) < 4.78 is 1.72. The molecule has 0 aliphatic heterocycles. The normalized spacial score (nSPS) is 20.7. The number of hydrogen-bond donors (Lipinski definition) is 3. The number of amides is 2. The lowest BCUT2D eigenvalue weighted by atomic mass is 9.85. The summed E-state index contributed by atoms with van der Waals surface area (Å²) in [7, 11) is 0. The van der Waals surface area contributed by atoms with Crippen molar-refractivity contribution in [3.8, 4) is 0 Å². The number of imidazole rings is 1. The van der Waals surface area contributed by atoms with E-state index in [1.54, 1.807) is 17.1 Å². The van der Waals surface area contributed by atoms with Gasteiger partial charge in [0, 0.05) is 12.2 Å². The van der Waals surface area contributed by atoms with E-state index in [4.69, 9.17) is 5.73 Å². The van der Waals surface area contributed by atoms with Gasteiger partial charge >= 0.3 is 0 Å². The zero-order valence-corrected chi connectivity index (χ0v) is 17.4. The zero-order chi connectivity index (χ0) is 21.0. The Kier molecular flexibility index (Phi) is 6.37. The van der Waals surface area contributed by atoms with E-state index < -0.39 is 11.6 Å². The van der Waals surface area contributed by atoms with Gasteiger partial charge in [0.05, 0.1) is 6.33 Å². The van der Waals surface area contributed by atoms with E-state index in [0.29, 0.717) is 11.7 Å². The van der Waals surface area contributed by atoms with E-state index in [9.17, 15) is 9.59 Å². The maximum atomic E-state index is 12.9. The standard InChI is InChI=1S/C22H31N5O2/c1-15-9-7-8-12-17(15)25-21(29)22(2,3)27-13-18(24-14-27)26-20(28)19(23)16-10-5-4-6-11-16/h4-6,10-11,13-15,17,19H,7-9,12,23H2,1-3H3,(H,25,29)(H,26,28)/t15?,17?,19-/m0/s1. The molecule has 156 valence electrons. The summed E-state index contributed by atoms with van der Waals surface area (Å²) in [5.41, 5.74) is 5.94. The highest BCUT2D eigenvalue weighted by Gasteiger charge is 2.33. The summed E-state index contributed by atoms with van der Waals surface area (Å²) in [6.45, 7) is 5.88. The molecule has 7 heteroatoms. The van der Waals surface area contributed by atoms with E-state index >= 15 is 0 Å². The van der Waals surface area contributed by atoms with Crippen molar-refractivity contribution in [3.05, 3.63) is 48.4 Å². The lowest BCUT2D eigenvalue weighted by Crippen LogP contribution is -2.50. The van der Waals surface area contributed by atoms with Crippen LogP contribution in [0.1, 0.15) is 58.1 Å². The fourth-order valence-electron chi connectivity index (χ4n) is 3.70. The van der Waals surface area contributed by atoms with Gasteiger partial charge in [-0.15, -0.1) is 0 Å². The Labute approximate surface area is 172 Å². The second-order valence-electron chi connectivity index (χ2n) is 8.44. The van der Waals surface area contributed by atoms with Crippen molar-refractivity contribution in [1.29, 1.82) is 0 Å². The predicted octanol–water partition coefficient (Wildman–Crippen LogP) is 2.95. The van der Waals surface area contributed by atoms with Crippen LogP contribution in [0.2, 0.25) is 0 Å². The molecule has 2 amide bonds. The maximum absolute atomic E-state index is 12.9. The molecule has 0 saturated heterocycles. The third-order valence-electron chi connectivity index (χ3n) is 5.90. The minimum absolute atomic E-state index is 0.0486. The van der Waals surface area contributed by atoms with Crippen LogP contribution in [-0.4, -0.2) is 27.4 Å². The maximum Gasteiger partial charge on any atom is 0.247 e. The van der Waals surface area contributed by atoms with E-state index in [2.05, 4.69) is 22.5 Å². The van der Waals surface area contributed by atoms with Crippen LogP contribution in [0, 0.1) is 5.92 Å². The Morgan fingerprint density at radius 1 is 1.21 bits per heavy atom. The van der Waals surface area contributed by atoms with Crippen LogP contribution < -0.4 is 16.4 Å². The molecule has 29 heavy (non-hydrogen) atoms. The second kappa shape index (κ2) is 8.78. The predicted molar refractivity (Wildman–Crippen MR) is 113 cm³/mol. The molecule has 3 rings (SSSR count). The number of benzene rings is 1. The summed E-state index contributed by atoms with van der Waals surface area (Å²) in [5, 5.41) is 5.93. The molecule has 1 heterocycles. The van der Waals surface area contributed by atoms with Gasteiger partial charge in [0.2, 0.25) is 11.8 Å². The van der Waals surface area contributed by atoms with Gasteiger partial charge in [-0.3, -0.25) is 9.59 Å². The van der Waals surface area contributed by atoms with E-state index in [-0.39, 0.29) is 17.9 Å². The lowest BCUT2D eigenvalue weighted by Gasteiger charge is -2.33. The molecule has 7 nitrogen and oxygen atoms in total. The highest BCUT2D eigenvalue weighted by atomic mass is 16.2. The number of carbonyl (C=O) groups excluding carboxylic acids is 2. The first-order chi connectivity index (χ1) is 13.8. The van der Waals surface area contributed by atoms with Crippen LogP contribution in [0.25, 0.3) is 0 Å². The Morgan fingerprint density at radius 3 is 2.59 bits per heavy atom. The van der Waals surface area contributed by atoms with Crippen molar-refractivity contribution >= 4 is 17.6 Å². The van der Waals surface area contributed by atoms with Crippen LogP contribution in [0.15, 0.2) is 42.9 Å². The minimum atomic E-state index is -0.825. The number of aromatic nitrogens is 2. The highest BCUT2D eigenvalue weighted by molar-refractivity contribution is 5.94. The smallest absolute Gasteiger partial charge is 0.247 e. The van der Waals surface area contributed by atoms with Gasteiger partial charge in [0.15, 0.2) is 5.82 Å². The first-order valence-electron chi connectivity index (χ1n) is 10.3. The molecule has 1 aromatic carbocycles. The highest BCUT2D eigenvalue weighted by Crippen LogP contribution is 2.25. The number of hydrogen-bond acceptors (Lipinski definition) is 4. The second-order valence-corrected chi connectivity index (χ2v) is 8.44. The quantitative estimate of drug-likeness (QED) is 0.697. The number of nitrogens with one attached hydrogen (secondary N) is 2. The van der Waals surface area contributed by atoms with E-state index in [0.717, 1.165) is 24.8 Å². The van der Waals surface area contributed by atoms with E-state index in [1.165, 1.54) is 6.42 Å².